The fourth-order valence-corrected chi connectivity index (χ4v) is 2.85. The summed E-state index contributed by atoms with van der Waals surface area (Å²) in [6.07, 6.45) is 0.812. The van der Waals surface area contributed by atoms with Gasteiger partial charge in [-0.3, -0.25) is 4.79 Å². The molecule has 0 amide bonds. The molecule has 0 aromatic heterocycles. The lowest BCUT2D eigenvalue weighted by Crippen LogP contribution is -1.99. The number of aliphatic carboxylic acids is 1. The zero-order valence-corrected chi connectivity index (χ0v) is 9.67. The molecule has 0 bridgehead atoms. The maximum atomic E-state index is 10.7. The summed E-state index contributed by atoms with van der Waals surface area (Å²) in [4.78, 5) is 11.9. The Hall–Kier alpha value is -0.960. The average Bonchev–Trinajstić information content (AvgIpc) is 2.91. The molecule has 0 aliphatic heterocycles. The minimum absolute atomic E-state index is 0.128. The Balaban J connectivity index is 2.01. The van der Waals surface area contributed by atoms with E-state index in [4.69, 9.17) is 5.11 Å². The smallest absolute Gasteiger partial charge is 0.307 e. The van der Waals surface area contributed by atoms with Crippen LogP contribution in [0.1, 0.15) is 17.5 Å². The molecule has 2 unspecified atom stereocenters. The van der Waals surface area contributed by atoms with Gasteiger partial charge in [-0.15, -0.1) is 11.8 Å². The summed E-state index contributed by atoms with van der Waals surface area (Å²) < 4.78 is 0. The molecule has 2 nitrogen and oxygen atoms in total. The Morgan fingerprint density at radius 2 is 2.13 bits per heavy atom. The van der Waals surface area contributed by atoms with E-state index in [0.29, 0.717) is 0 Å². The molecule has 1 aliphatic carbocycles. The van der Waals surface area contributed by atoms with Crippen molar-refractivity contribution in [1.29, 1.82) is 0 Å². The fourth-order valence-electron chi connectivity index (χ4n) is 1.52. The monoisotopic (exact) mass is 222 g/mol. The van der Waals surface area contributed by atoms with Gasteiger partial charge in [0, 0.05) is 10.1 Å². The van der Waals surface area contributed by atoms with E-state index in [1.54, 1.807) is 11.8 Å². The first-order valence-corrected chi connectivity index (χ1v) is 5.92. The topological polar surface area (TPSA) is 37.3 Å². The standard InChI is InChI=1S/C12H14O2S/c1-7-3-4-9(5-8(7)2)15-11-6-10(11)12(13)14/h3-5,10-11H,6H2,1-2H3,(H,13,14). The third-order valence-corrected chi connectivity index (χ3v) is 4.16. The molecule has 2 rings (SSSR count). The van der Waals surface area contributed by atoms with E-state index in [1.807, 2.05) is 0 Å². The second-order valence-electron chi connectivity index (χ2n) is 4.08. The highest BCUT2D eigenvalue weighted by Gasteiger charge is 2.43. The minimum atomic E-state index is -0.656. The Kier molecular flexibility index (Phi) is 2.74. The first-order chi connectivity index (χ1) is 7.08. The molecule has 1 aromatic carbocycles. The third-order valence-electron chi connectivity index (χ3n) is 2.81. The zero-order chi connectivity index (χ0) is 11.0. The number of rotatable bonds is 3. The fraction of sp³-hybridized carbons (Fsp3) is 0.417. The summed E-state index contributed by atoms with van der Waals surface area (Å²) in [5, 5.41) is 9.07. The predicted molar refractivity (Wildman–Crippen MR) is 61.3 cm³/mol. The number of aryl methyl sites for hydroxylation is 2. The highest BCUT2D eigenvalue weighted by Crippen LogP contribution is 2.45. The van der Waals surface area contributed by atoms with Crippen LogP contribution in [0.25, 0.3) is 0 Å². The van der Waals surface area contributed by atoms with Crippen LogP contribution in [0.3, 0.4) is 0 Å². The minimum Gasteiger partial charge on any atom is -0.481 e. The van der Waals surface area contributed by atoms with Gasteiger partial charge in [0.05, 0.1) is 5.92 Å². The molecule has 0 radical (unpaired) electrons. The Labute approximate surface area is 93.7 Å². The second-order valence-corrected chi connectivity index (χ2v) is 5.40. The van der Waals surface area contributed by atoms with Crippen molar-refractivity contribution in [2.75, 3.05) is 0 Å². The van der Waals surface area contributed by atoms with Crippen molar-refractivity contribution in [3.8, 4) is 0 Å². The van der Waals surface area contributed by atoms with Gasteiger partial charge < -0.3 is 5.11 Å². The van der Waals surface area contributed by atoms with Gasteiger partial charge in [0.25, 0.3) is 0 Å². The van der Waals surface area contributed by atoms with Gasteiger partial charge in [-0.05, 0) is 43.5 Å². The maximum Gasteiger partial charge on any atom is 0.307 e. The predicted octanol–water partition coefficient (Wildman–Crippen LogP) is 2.87. The number of hydrogen-bond donors (Lipinski definition) is 1. The number of thioether (sulfide) groups is 1. The second kappa shape index (κ2) is 3.89. The maximum absolute atomic E-state index is 10.7. The van der Waals surface area contributed by atoms with E-state index in [0.717, 1.165) is 6.42 Å². The van der Waals surface area contributed by atoms with Crippen LogP contribution in [0.15, 0.2) is 23.1 Å². The summed E-state index contributed by atoms with van der Waals surface area (Å²) in [6, 6.07) is 6.30. The van der Waals surface area contributed by atoms with Crippen molar-refractivity contribution >= 4 is 17.7 Å². The molecule has 3 heteroatoms. The van der Waals surface area contributed by atoms with E-state index in [-0.39, 0.29) is 11.2 Å². The van der Waals surface area contributed by atoms with Crippen LogP contribution >= 0.6 is 11.8 Å². The van der Waals surface area contributed by atoms with E-state index in [9.17, 15) is 4.79 Å². The van der Waals surface area contributed by atoms with Crippen molar-refractivity contribution < 1.29 is 9.90 Å². The van der Waals surface area contributed by atoms with E-state index < -0.39 is 5.97 Å². The number of hydrogen-bond acceptors (Lipinski definition) is 2. The van der Waals surface area contributed by atoms with Crippen LogP contribution in [-0.4, -0.2) is 16.3 Å². The van der Waals surface area contributed by atoms with Crippen LogP contribution in [0.4, 0.5) is 0 Å². The lowest BCUT2D eigenvalue weighted by Gasteiger charge is -2.03. The van der Waals surface area contributed by atoms with Crippen LogP contribution in [0.5, 0.6) is 0 Å². The van der Waals surface area contributed by atoms with Crippen LogP contribution < -0.4 is 0 Å². The van der Waals surface area contributed by atoms with Gasteiger partial charge >= 0.3 is 5.97 Å². The van der Waals surface area contributed by atoms with E-state index >= 15 is 0 Å². The highest BCUT2D eigenvalue weighted by atomic mass is 32.2. The number of carboxylic acid groups (broad SMARTS) is 1. The molecule has 1 saturated carbocycles. The lowest BCUT2D eigenvalue weighted by molar-refractivity contribution is -0.138. The molecule has 15 heavy (non-hydrogen) atoms. The highest BCUT2D eigenvalue weighted by molar-refractivity contribution is 8.00. The molecule has 1 N–H and O–H groups in total. The SMILES string of the molecule is Cc1ccc(SC2CC2C(=O)O)cc1C. The first kappa shape index (κ1) is 10.6. The van der Waals surface area contributed by atoms with Crippen LogP contribution in [0.2, 0.25) is 0 Å². The number of carboxylic acids is 1. The molecule has 0 spiro atoms. The van der Waals surface area contributed by atoms with Gasteiger partial charge in [0.2, 0.25) is 0 Å². The molecule has 1 aromatic rings. The van der Waals surface area contributed by atoms with E-state index in [2.05, 4.69) is 32.0 Å². The summed E-state index contributed by atoms with van der Waals surface area (Å²) in [6.45, 7) is 4.17. The molecule has 80 valence electrons. The normalized spacial score (nSPS) is 23.9. The van der Waals surface area contributed by atoms with Gasteiger partial charge in [-0.1, -0.05) is 6.07 Å². The third kappa shape index (κ3) is 2.34. The van der Waals surface area contributed by atoms with Crippen molar-refractivity contribution in [3.63, 3.8) is 0 Å². The average molecular weight is 222 g/mol. The zero-order valence-electron chi connectivity index (χ0n) is 8.86. The van der Waals surface area contributed by atoms with Gasteiger partial charge in [-0.2, -0.15) is 0 Å². The summed E-state index contributed by atoms with van der Waals surface area (Å²) in [5.74, 6) is -0.784. The number of benzene rings is 1. The van der Waals surface area contributed by atoms with Crippen molar-refractivity contribution in [2.45, 2.75) is 30.4 Å². The Bertz CT molecular complexity index is 401. The van der Waals surface area contributed by atoms with Crippen molar-refractivity contribution in [2.24, 2.45) is 5.92 Å². The summed E-state index contributed by atoms with van der Waals surface area (Å²) in [5.41, 5.74) is 2.55. The molecular formula is C12H14O2S. The van der Waals surface area contributed by atoms with Crippen molar-refractivity contribution in [3.05, 3.63) is 29.3 Å². The molecular weight excluding hydrogens is 208 g/mol. The molecule has 1 fully saturated rings. The first-order valence-electron chi connectivity index (χ1n) is 5.04. The quantitative estimate of drug-likeness (QED) is 0.854. The molecule has 2 atom stereocenters. The van der Waals surface area contributed by atoms with Gasteiger partial charge in [0.15, 0.2) is 0 Å². The summed E-state index contributed by atoms with van der Waals surface area (Å²) >= 11 is 1.69. The number of carbonyl (C=O) groups is 1. The van der Waals surface area contributed by atoms with Gasteiger partial charge in [-0.25, -0.2) is 0 Å². The van der Waals surface area contributed by atoms with E-state index in [1.165, 1.54) is 16.0 Å². The largest absolute Gasteiger partial charge is 0.481 e. The van der Waals surface area contributed by atoms with Crippen LogP contribution in [0, 0.1) is 19.8 Å². The summed E-state index contributed by atoms with van der Waals surface area (Å²) in [7, 11) is 0. The Morgan fingerprint density at radius 3 is 2.67 bits per heavy atom. The van der Waals surface area contributed by atoms with Gasteiger partial charge in [0.1, 0.15) is 0 Å². The molecule has 0 heterocycles. The van der Waals surface area contributed by atoms with Crippen molar-refractivity contribution in [1.82, 2.24) is 0 Å². The Morgan fingerprint density at radius 1 is 1.40 bits per heavy atom. The molecule has 0 saturated heterocycles. The van der Waals surface area contributed by atoms with Crippen LogP contribution in [-0.2, 0) is 4.79 Å². The molecule has 1 aliphatic rings. The lowest BCUT2D eigenvalue weighted by atomic mass is 10.1.